The van der Waals surface area contributed by atoms with Crippen LogP contribution in [0.2, 0.25) is 0 Å². The molecule has 0 aromatic carbocycles. The molecule has 24 heavy (non-hydrogen) atoms. The van der Waals surface area contributed by atoms with E-state index in [-0.39, 0.29) is 0 Å². The molecule has 0 saturated carbocycles. The zero-order valence-electron chi connectivity index (χ0n) is 14.8. The van der Waals surface area contributed by atoms with E-state index in [0.717, 1.165) is 35.6 Å². The first-order valence-electron chi connectivity index (χ1n) is 8.51. The molecule has 5 nitrogen and oxygen atoms in total. The molecule has 130 valence electrons. The second kappa shape index (κ2) is 9.23. The van der Waals surface area contributed by atoms with E-state index < -0.39 is 0 Å². The molecule has 0 spiro atoms. The molecule has 0 unspecified atom stereocenters. The Bertz CT molecular complexity index is 666. The molecule has 1 aromatic rings. The Morgan fingerprint density at radius 3 is 3.00 bits per heavy atom. The van der Waals surface area contributed by atoms with Crippen molar-refractivity contribution in [1.29, 1.82) is 0 Å². The van der Waals surface area contributed by atoms with Crippen molar-refractivity contribution in [2.24, 2.45) is 4.99 Å². The second-order valence-electron chi connectivity index (χ2n) is 5.99. The molecule has 0 radical (unpaired) electrons. The first-order chi connectivity index (χ1) is 11.6. The van der Waals surface area contributed by atoms with Crippen LogP contribution in [-0.2, 0) is 4.74 Å². The molecule has 2 rings (SSSR count). The number of nitrogens with one attached hydrogen (secondary N) is 1. The molecule has 1 aromatic heterocycles. The highest BCUT2D eigenvalue weighted by molar-refractivity contribution is 5.19. The van der Waals surface area contributed by atoms with Crippen molar-refractivity contribution < 1.29 is 4.74 Å². The fourth-order valence-corrected chi connectivity index (χ4v) is 2.84. The van der Waals surface area contributed by atoms with Gasteiger partial charge < -0.3 is 14.6 Å². The summed E-state index contributed by atoms with van der Waals surface area (Å²) in [6, 6.07) is 0.460. The molecule has 0 amide bonds. The van der Waals surface area contributed by atoms with Gasteiger partial charge in [0.1, 0.15) is 6.61 Å². The van der Waals surface area contributed by atoms with Gasteiger partial charge in [0.25, 0.3) is 0 Å². The average Bonchev–Trinajstić information content (AvgIpc) is 3.07. The van der Waals surface area contributed by atoms with Crippen LogP contribution in [0.4, 0.5) is 0 Å². The third-order valence-corrected chi connectivity index (χ3v) is 3.99. The van der Waals surface area contributed by atoms with Gasteiger partial charge in [0, 0.05) is 31.4 Å². The molecular formula is C19H28N4O. The smallest absolute Gasteiger partial charge is 0.153 e. The minimum Gasteiger partial charge on any atom is -0.496 e. The van der Waals surface area contributed by atoms with Crippen LogP contribution >= 0.6 is 0 Å². The minimum atomic E-state index is 0.460. The third kappa shape index (κ3) is 5.20. The Hall–Kier alpha value is -2.14. The lowest BCUT2D eigenvalue weighted by Gasteiger charge is -2.14. The van der Waals surface area contributed by atoms with E-state index in [1.165, 1.54) is 12.8 Å². The number of hydrogen-bond donors (Lipinski definition) is 1. The maximum atomic E-state index is 5.94. The Balaban J connectivity index is 2.00. The van der Waals surface area contributed by atoms with E-state index in [2.05, 4.69) is 28.5 Å². The second-order valence-corrected chi connectivity index (χ2v) is 5.99. The summed E-state index contributed by atoms with van der Waals surface area (Å²) in [5, 5.41) is 3.44. The van der Waals surface area contributed by atoms with Crippen LogP contribution in [0.5, 0.6) is 0 Å². The van der Waals surface area contributed by atoms with Crippen LogP contribution in [0.25, 0.3) is 6.20 Å². The van der Waals surface area contributed by atoms with Gasteiger partial charge in [-0.15, -0.1) is 0 Å². The van der Waals surface area contributed by atoms with Gasteiger partial charge in [0.05, 0.1) is 17.1 Å². The van der Waals surface area contributed by atoms with Gasteiger partial charge in [-0.2, -0.15) is 0 Å². The van der Waals surface area contributed by atoms with Gasteiger partial charge in [-0.05, 0) is 39.3 Å². The van der Waals surface area contributed by atoms with Crippen molar-refractivity contribution in [2.45, 2.75) is 39.2 Å². The number of nitrogens with zero attached hydrogens (tertiary/aromatic N) is 3. The molecule has 0 bridgehead atoms. The first-order valence-corrected chi connectivity index (χ1v) is 8.51. The maximum Gasteiger partial charge on any atom is 0.153 e. The Morgan fingerprint density at radius 1 is 1.50 bits per heavy atom. The summed E-state index contributed by atoms with van der Waals surface area (Å²) in [5.74, 6) is 0.922. The SMILES string of the molecule is C=C/C=C(\CCN=c1c(C)nc(C)cn1C=C)OC[C@H]1CCCN1. The largest absolute Gasteiger partial charge is 0.496 e. The van der Waals surface area contributed by atoms with Crippen LogP contribution in [0.1, 0.15) is 30.7 Å². The quantitative estimate of drug-likeness (QED) is 0.590. The lowest BCUT2D eigenvalue weighted by atomic mass is 10.2. The number of rotatable bonds is 8. The Morgan fingerprint density at radius 2 is 2.33 bits per heavy atom. The summed E-state index contributed by atoms with van der Waals surface area (Å²) in [6.07, 6.45) is 10.5. The van der Waals surface area contributed by atoms with Crippen molar-refractivity contribution in [3.8, 4) is 0 Å². The van der Waals surface area contributed by atoms with Crippen molar-refractivity contribution in [3.63, 3.8) is 0 Å². The maximum absolute atomic E-state index is 5.94. The van der Waals surface area contributed by atoms with Gasteiger partial charge in [-0.3, -0.25) is 9.98 Å². The van der Waals surface area contributed by atoms with Gasteiger partial charge >= 0.3 is 0 Å². The summed E-state index contributed by atoms with van der Waals surface area (Å²) in [5.41, 5.74) is 2.69. The van der Waals surface area contributed by atoms with Crippen LogP contribution in [0.3, 0.4) is 0 Å². The standard InChI is InChI=1S/C19H28N4O/c1-5-8-18(24-14-17-9-7-11-20-17)10-12-21-19-16(4)22-15(3)13-23(19)6-2/h5-6,8,13,17,20H,1-2,7,9-12,14H2,3-4H3/b18-8+,21-19?/t17-/m1/s1. The zero-order valence-corrected chi connectivity index (χ0v) is 14.8. The summed E-state index contributed by atoms with van der Waals surface area (Å²) >= 11 is 0. The van der Waals surface area contributed by atoms with Crippen molar-refractivity contribution in [1.82, 2.24) is 14.9 Å². The lowest BCUT2D eigenvalue weighted by molar-refractivity contribution is 0.178. The molecule has 1 aliphatic rings. The molecule has 5 heteroatoms. The Kier molecular flexibility index (Phi) is 7.00. The van der Waals surface area contributed by atoms with E-state index >= 15 is 0 Å². The number of hydrogen-bond acceptors (Lipinski definition) is 4. The number of allylic oxidation sites excluding steroid dienone is 2. The van der Waals surface area contributed by atoms with Gasteiger partial charge in [-0.25, -0.2) is 0 Å². The molecule has 2 heterocycles. The summed E-state index contributed by atoms with van der Waals surface area (Å²) < 4.78 is 7.85. The summed E-state index contributed by atoms with van der Waals surface area (Å²) in [7, 11) is 0. The molecule has 0 aliphatic carbocycles. The van der Waals surface area contributed by atoms with Gasteiger partial charge in [-0.1, -0.05) is 19.2 Å². The highest BCUT2D eigenvalue weighted by Crippen LogP contribution is 2.10. The van der Waals surface area contributed by atoms with Gasteiger partial charge in [0.2, 0.25) is 0 Å². The van der Waals surface area contributed by atoms with E-state index in [1.54, 1.807) is 12.3 Å². The lowest BCUT2D eigenvalue weighted by Crippen LogP contribution is -2.26. The molecule has 1 atom stereocenters. The predicted molar refractivity (Wildman–Crippen MR) is 98.4 cm³/mol. The minimum absolute atomic E-state index is 0.460. The van der Waals surface area contributed by atoms with Crippen LogP contribution in [0, 0.1) is 13.8 Å². The van der Waals surface area contributed by atoms with Gasteiger partial charge in [0.15, 0.2) is 5.49 Å². The van der Waals surface area contributed by atoms with E-state index in [9.17, 15) is 0 Å². The molecular weight excluding hydrogens is 300 g/mol. The van der Waals surface area contributed by atoms with Crippen molar-refractivity contribution in [2.75, 3.05) is 19.7 Å². The molecule has 1 saturated heterocycles. The van der Waals surface area contributed by atoms with Crippen LogP contribution in [0.15, 0.2) is 42.3 Å². The zero-order chi connectivity index (χ0) is 17.4. The van der Waals surface area contributed by atoms with Crippen molar-refractivity contribution >= 4 is 6.20 Å². The number of aryl methyl sites for hydroxylation is 2. The monoisotopic (exact) mass is 328 g/mol. The van der Waals surface area contributed by atoms with E-state index in [1.807, 2.05) is 30.7 Å². The summed E-state index contributed by atoms with van der Waals surface area (Å²) in [4.78, 5) is 9.15. The van der Waals surface area contributed by atoms with Crippen molar-refractivity contribution in [3.05, 3.63) is 54.1 Å². The highest BCUT2D eigenvalue weighted by atomic mass is 16.5. The Labute approximate surface area is 144 Å². The van der Waals surface area contributed by atoms with E-state index in [4.69, 9.17) is 4.74 Å². The normalized spacial score (nSPS) is 18.7. The third-order valence-electron chi connectivity index (χ3n) is 3.99. The molecule has 1 aliphatic heterocycles. The molecule has 1 N–H and O–H groups in total. The predicted octanol–water partition coefficient (Wildman–Crippen LogP) is 2.73. The highest BCUT2D eigenvalue weighted by Gasteiger charge is 2.14. The number of aromatic nitrogens is 2. The fraction of sp³-hybridized carbons (Fsp3) is 0.474. The summed E-state index contributed by atoms with van der Waals surface area (Å²) in [6.45, 7) is 14.0. The first kappa shape index (κ1) is 18.2. The number of ether oxygens (including phenoxy) is 1. The fourth-order valence-electron chi connectivity index (χ4n) is 2.84. The van der Waals surface area contributed by atoms with Crippen LogP contribution < -0.4 is 10.8 Å². The van der Waals surface area contributed by atoms with Crippen LogP contribution in [-0.4, -0.2) is 35.3 Å². The molecule has 1 fully saturated rings. The average molecular weight is 328 g/mol. The van der Waals surface area contributed by atoms with E-state index in [0.29, 0.717) is 19.2 Å². The topological polar surface area (TPSA) is 51.4 Å².